The number of likely N-dealkylation sites (tertiary alicyclic amines) is 1. The molecule has 0 spiro atoms. The van der Waals surface area contributed by atoms with E-state index in [0.29, 0.717) is 22.0 Å². The lowest BCUT2D eigenvalue weighted by Gasteiger charge is -2.32. The fourth-order valence-corrected chi connectivity index (χ4v) is 5.79. The molecule has 1 aromatic carbocycles. The molecule has 11 heteroatoms. The number of nitrogens with one attached hydrogen (secondary N) is 3. The van der Waals surface area contributed by atoms with Gasteiger partial charge in [0, 0.05) is 30.2 Å². The van der Waals surface area contributed by atoms with E-state index in [4.69, 9.17) is 0 Å². The molecule has 1 amide bonds. The second-order valence-corrected chi connectivity index (χ2v) is 11.3. The van der Waals surface area contributed by atoms with Gasteiger partial charge in [-0.2, -0.15) is 5.10 Å². The Kier molecular flexibility index (Phi) is 7.62. The molecule has 1 fully saturated rings. The van der Waals surface area contributed by atoms with Crippen molar-refractivity contribution >= 4 is 52.3 Å². The summed E-state index contributed by atoms with van der Waals surface area (Å²) in [5, 5.41) is 13.4. The van der Waals surface area contributed by atoms with Crippen LogP contribution in [0, 0.1) is 5.82 Å². The first-order valence-electron chi connectivity index (χ1n) is 13.6. The Morgan fingerprint density at radius 3 is 2.73 bits per heavy atom. The maximum atomic E-state index is 14.7. The third kappa shape index (κ3) is 6.06. The molecule has 3 N–H and O–H groups in total. The number of likely N-dealkylation sites (N-methyl/N-ethyl adjacent to an activating group) is 1. The van der Waals surface area contributed by atoms with Crippen LogP contribution < -0.4 is 30.8 Å². The Balaban J connectivity index is 1.17. The van der Waals surface area contributed by atoms with Crippen LogP contribution in [0.2, 0.25) is 0 Å². The normalized spacial score (nSPS) is 14.3. The highest BCUT2D eigenvalue weighted by atomic mass is 32.1. The van der Waals surface area contributed by atoms with Crippen LogP contribution in [-0.4, -0.2) is 59.2 Å². The number of carbonyl (C=O) groups is 1. The highest BCUT2D eigenvalue weighted by Gasteiger charge is 2.16. The maximum absolute atomic E-state index is 14.7. The van der Waals surface area contributed by atoms with Gasteiger partial charge in [0.25, 0.3) is 11.5 Å². The number of nitrogens with zero attached hydrogens (tertiary/aromatic N) is 4. The van der Waals surface area contributed by atoms with Gasteiger partial charge in [-0.3, -0.25) is 9.59 Å². The molecular weight excluding hydrogens is 541 g/mol. The highest BCUT2D eigenvalue weighted by Crippen LogP contribution is 2.26. The summed E-state index contributed by atoms with van der Waals surface area (Å²) in [6.07, 6.45) is 9.16. The number of fused-ring (bicyclic) bond motifs is 1. The fraction of sp³-hybridized carbons (Fsp3) is 0.267. The lowest BCUT2D eigenvalue weighted by atomic mass is 10.1. The molecule has 0 atom stereocenters. The van der Waals surface area contributed by atoms with Crippen LogP contribution in [0.5, 0.6) is 0 Å². The monoisotopic (exact) mass is 571 g/mol. The number of anilines is 4. The Labute approximate surface area is 240 Å². The van der Waals surface area contributed by atoms with Crippen molar-refractivity contribution in [1.29, 1.82) is 0 Å². The SMILES string of the molecule is CN(CCN1CCC1)c1ccc(Nc2cc(-c3ccc(F)c(NC(=O)c4cc5c(s4)=CCCC=5)c3)n[nH]c2=O)nc1. The van der Waals surface area contributed by atoms with E-state index in [0.717, 1.165) is 41.4 Å². The lowest BCUT2D eigenvalue weighted by molar-refractivity contribution is 0.103. The number of hydrogen-bond acceptors (Lipinski definition) is 8. The van der Waals surface area contributed by atoms with Crippen molar-refractivity contribution in [3.63, 3.8) is 0 Å². The average molecular weight is 572 g/mol. The molecule has 1 aliphatic carbocycles. The van der Waals surface area contributed by atoms with E-state index in [2.05, 4.69) is 47.8 Å². The molecule has 210 valence electrons. The zero-order chi connectivity index (χ0) is 28.3. The van der Waals surface area contributed by atoms with E-state index in [1.54, 1.807) is 18.3 Å². The van der Waals surface area contributed by atoms with Gasteiger partial charge in [-0.15, -0.1) is 11.3 Å². The van der Waals surface area contributed by atoms with Crippen molar-refractivity contribution in [2.45, 2.75) is 19.3 Å². The van der Waals surface area contributed by atoms with Gasteiger partial charge in [0.2, 0.25) is 0 Å². The van der Waals surface area contributed by atoms with Gasteiger partial charge in [-0.25, -0.2) is 14.5 Å². The van der Waals surface area contributed by atoms with Crippen molar-refractivity contribution < 1.29 is 9.18 Å². The second kappa shape index (κ2) is 11.6. The first-order valence-corrected chi connectivity index (χ1v) is 14.4. The number of aromatic amines is 1. The molecule has 0 unspecified atom stereocenters. The van der Waals surface area contributed by atoms with E-state index in [1.807, 2.05) is 25.2 Å². The van der Waals surface area contributed by atoms with Crippen molar-refractivity contribution in [3.8, 4) is 11.3 Å². The van der Waals surface area contributed by atoms with Crippen LogP contribution in [0.1, 0.15) is 28.9 Å². The largest absolute Gasteiger partial charge is 0.372 e. The third-order valence-corrected chi connectivity index (χ3v) is 8.49. The summed E-state index contributed by atoms with van der Waals surface area (Å²) in [5.41, 5.74) is 1.77. The molecule has 41 heavy (non-hydrogen) atoms. The summed E-state index contributed by atoms with van der Waals surface area (Å²) in [6, 6.07) is 11.5. The number of aromatic nitrogens is 3. The number of carbonyl (C=O) groups excluding carboxylic acids is 1. The molecule has 0 radical (unpaired) electrons. The quantitative estimate of drug-likeness (QED) is 0.282. The maximum Gasteiger partial charge on any atom is 0.287 e. The van der Waals surface area contributed by atoms with Gasteiger partial charge in [0.15, 0.2) is 0 Å². The molecule has 6 rings (SSSR count). The Hall–Kier alpha value is -4.35. The number of H-pyrrole nitrogens is 1. The Morgan fingerprint density at radius 1 is 1.12 bits per heavy atom. The summed E-state index contributed by atoms with van der Waals surface area (Å²) in [4.78, 5) is 35.0. The van der Waals surface area contributed by atoms with Crippen LogP contribution in [-0.2, 0) is 0 Å². The first-order chi connectivity index (χ1) is 19.9. The predicted octanol–water partition coefficient (Wildman–Crippen LogP) is 3.53. The van der Waals surface area contributed by atoms with Gasteiger partial charge in [0.05, 0.1) is 28.1 Å². The van der Waals surface area contributed by atoms with Gasteiger partial charge >= 0.3 is 0 Å². The standard InChI is InChI=1S/C30H30FN7O2S/c1-37(13-14-38-11-4-12-38)21-8-10-28(32-18-21)33-25-17-23(35-36-29(25)39)19-7-9-22(31)24(15-19)34-30(40)27-16-20-5-2-3-6-26(20)41-27/h5-10,15-18H,2-4,11-14H2,1H3,(H,34,40)(H,36,39)(H,32,33,35). The zero-order valence-electron chi connectivity index (χ0n) is 22.6. The van der Waals surface area contributed by atoms with E-state index in [9.17, 15) is 14.0 Å². The van der Waals surface area contributed by atoms with E-state index < -0.39 is 11.4 Å². The van der Waals surface area contributed by atoms with Crippen molar-refractivity contribution in [3.05, 3.63) is 79.5 Å². The van der Waals surface area contributed by atoms with Gasteiger partial charge < -0.3 is 20.4 Å². The van der Waals surface area contributed by atoms with E-state index in [1.165, 1.54) is 43.0 Å². The van der Waals surface area contributed by atoms with Crippen LogP contribution in [0.25, 0.3) is 23.4 Å². The minimum absolute atomic E-state index is 0.0322. The van der Waals surface area contributed by atoms with Gasteiger partial charge in [-0.05, 0) is 80.0 Å². The number of amides is 1. The predicted molar refractivity (Wildman–Crippen MR) is 162 cm³/mol. The van der Waals surface area contributed by atoms with Crippen molar-refractivity contribution in [2.75, 3.05) is 48.8 Å². The molecule has 1 aliphatic heterocycles. The molecule has 0 saturated carbocycles. The first kappa shape index (κ1) is 26.9. The molecule has 9 nitrogen and oxygen atoms in total. The van der Waals surface area contributed by atoms with Gasteiger partial charge in [0.1, 0.15) is 17.3 Å². The lowest BCUT2D eigenvalue weighted by Crippen LogP contribution is -2.41. The topological polar surface area (TPSA) is 106 Å². The zero-order valence-corrected chi connectivity index (χ0v) is 23.4. The molecule has 0 bridgehead atoms. The molecular formula is C30H30FN7O2S. The number of thiophene rings is 1. The minimum Gasteiger partial charge on any atom is -0.372 e. The van der Waals surface area contributed by atoms with Crippen LogP contribution in [0.3, 0.4) is 0 Å². The summed E-state index contributed by atoms with van der Waals surface area (Å²) in [5.74, 6) is -0.434. The number of hydrogen-bond donors (Lipinski definition) is 3. The van der Waals surface area contributed by atoms with Gasteiger partial charge in [-0.1, -0.05) is 12.2 Å². The van der Waals surface area contributed by atoms with Crippen molar-refractivity contribution in [2.24, 2.45) is 0 Å². The molecule has 1 saturated heterocycles. The van der Waals surface area contributed by atoms with Crippen molar-refractivity contribution in [1.82, 2.24) is 20.1 Å². The van der Waals surface area contributed by atoms with E-state index >= 15 is 0 Å². The number of pyridine rings is 1. The summed E-state index contributed by atoms with van der Waals surface area (Å²) < 4.78 is 15.8. The molecule has 4 heterocycles. The van der Waals surface area contributed by atoms with E-state index in [-0.39, 0.29) is 17.3 Å². The fourth-order valence-electron chi connectivity index (χ4n) is 4.76. The Bertz CT molecular complexity index is 1730. The summed E-state index contributed by atoms with van der Waals surface area (Å²) in [6.45, 7) is 4.27. The average Bonchev–Trinajstić information content (AvgIpc) is 3.40. The molecule has 4 aromatic rings. The minimum atomic E-state index is -0.566. The van der Waals surface area contributed by atoms with Crippen LogP contribution in [0.15, 0.2) is 53.5 Å². The Morgan fingerprint density at radius 2 is 1.98 bits per heavy atom. The summed E-state index contributed by atoms with van der Waals surface area (Å²) >= 11 is 1.39. The molecule has 3 aromatic heterocycles. The number of benzene rings is 1. The number of halogens is 1. The second-order valence-electron chi connectivity index (χ2n) is 10.2. The highest BCUT2D eigenvalue weighted by molar-refractivity contribution is 7.12. The van der Waals surface area contributed by atoms with Crippen LogP contribution >= 0.6 is 11.3 Å². The number of rotatable bonds is 9. The molecule has 2 aliphatic rings. The summed E-state index contributed by atoms with van der Waals surface area (Å²) in [7, 11) is 2.04. The van der Waals surface area contributed by atoms with Crippen LogP contribution in [0.4, 0.5) is 27.3 Å². The smallest absolute Gasteiger partial charge is 0.287 e. The third-order valence-electron chi connectivity index (χ3n) is 7.34.